The van der Waals surface area contributed by atoms with Gasteiger partial charge in [-0.2, -0.15) is 0 Å². The van der Waals surface area contributed by atoms with Gasteiger partial charge in [0.15, 0.2) is 11.5 Å². The Morgan fingerprint density at radius 2 is 2.17 bits per heavy atom. The molecule has 1 aromatic heterocycles. The van der Waals surface area contributed by atoms with Crippen molar-refractivity contribution in [2.75, 3.05) is 0 Å². The number of hydrogen-bond acceptors (Lipinski definition) is 2. The van der Waals surface area contributed by atoms with Crippen molar-refractivity contribution in [1.29, 1.82) is 0 Å². The van der Waals surface area contributed by atoms with Gasteiger partial charge in [-0.25, -0.2) is 14.4 Å². The van der Waals surface area contributed by atoms with E-state index in [1.54, 1.807) is 13.0 Å². The van der Waals surface area contributed by atoms with Crippen LogP contribution in [0.3, 0.4) is 0 Å². The molecule has 1 aliphatic carbocycles. The first-order chi connectivity index (χ1) is 5.60. The van der Waals surface area contributed by atoms with Crippen molar-refractivity contribution in [2.24, 2.45) is 0 Å². The molecular weight excluding hydrogens is 179 g/mol. The number of nitrogens with zero attached hydrogens (tertiary/aromatic N) is 2. The molecule has 1 aliphatic rings. The molecule has 2 rings (SSSR count). The fourth-order valence-corrected chi connectivity index (χ4v) is 1.30. The summed E-state index contributed by atoms with van der Waals surface area (Å²) in [5.74, 6) is 0.243. The first-order valence-corrected chi connectivity index (χ1v) is 4.18. The van der Waals surface area contributed by atoms with E-state index in [1.807, 2.05) is 0 Å². The number of aromatic nitrogens is 2. The fourth-order valence-electron chi connectivity index (χ4n) is 1.06. The van der Waals surface area contributed by atoms with Gasteiger partial charge in [0, 0.05) is 5.69 Å². The Hall–Kier alpha value is -0.700. The van der Waals surface area contributed by atoms with E-state index < -0.39 is 5.67 Å². The Kier molecular flexibility index (Phi) is 1.58. The molecule has 1 aromatic rings. The third-order valence-electron chi connectivity index (χ3n) is 1.91. The topological polar surface area (TPSA) is 25.8 Å². The Morgan fingerprint density at radius 1 is 1.50 bits per heavy atom. The maximum Gasteiger partial charge on any atom is 0.170 e. The zero-order valence-corrected chi connectivity index (χ0v) is 7.40. The van der Waals surface area contributed by atoms with Gasteiger partial charge in [-0.05, 0) is 25.8 Å². The van der Waals surface area contributed by atoms with Gasteiger partial charge in [0.25, 0.3) is 0 Å². The van der Waals surface area contributed by atoms with Crippen LogP contribution in [0.5, 0.6) is 0 Å². The maximum atomic E-state index is 13.4. The Balaban J connectivity index is 2.44. The van der Waals surface area contributed by atoms with Gasteiger partial charge in [-0.3, -0.25) is 0 Å². The normalized spacial score (nSPS) is 19.2. The molecule has 64 valence electrons. The van der Waals surface area contributed by atoms with E-state index >= 15 is 0 Å². The van der Waals surface area contributed by atoms with Gasteiger partial charge in [0.2, 0.25) is 0 Å². The van der Waals surface area contributed by atoms with E-state index in [2.05, 4.69) is 9.97 Å². The minimum absolute atomic E-state index is 0.243. The van der Waals surface area contributed by atoms with E-state index in [9.17, 15) is 4.39 Å². The lowest BCUT2D eigenvalue weighted by Gasteiger charge is -2.03. The second kappa shape index (κ2) is 2.39. The maximum absolute atomic E-state index is 13.4. The molecule has 4 heteroatoms. The number of halogens is 2. The summed E-state index contributed by atoms with van der Waals surface area (Å²) in [6.07, 6.45) is 1.04. The molecule has 1 heterocycles. The first kappa shape index (κ1) is 7.92. The monoisotopic (exact) mass is 186 g/mol. The summed E-state index contributed by atoms with van der Waals surface area (Å²) in [6.45, 7) is 1.78. The van der Waals surface area contributed by atoms with E-state index in [0.717, 1.165) is 0 Å². The first-order valence-electron chi connectivity index (χ1n) is 3.81. The van der Waals surface area contributed by atoms with Crippen molar-refractivity contribution in [3.05, 3.63) is 22.7 Å². The number of alkyl halides is 1. The highest BCUT2D eigenvalue weighted by atomic mass is 35.5. The van der Waals surface area contributed by atoms with Crippen LogP contribution in [0.1, 0.15) is 24.4 Å². The average molecular weight is 187 g/mol. The average Bonchev–Trinajstić information content (AvgIpc) is 2.67. The molecule has 2 nitrogen and oxygen atoms in total. The van der Waals surface area contributed by atoms with Gasteiger partial charge >= 0.3 is 0 Å². The Bertz CT molecular complexity index is 303. The summed E-state index contributed by atoms with van der Waals surface area (Å²) in [6, 6.07) is 1.62. The summed E-state index contributed by atoms with van der Waals surface area (Å²) in [7, 11) is 0. The Morgan fingerprint density at radius 3 is 2.67 bits per heavy atom. The van der Waals surface area contributed by atoms with Gasteiger partial charge < -0.3 is 0 Å². The highest BCUT2D eigenvalue weighted by Gasteiger charge is 2.48. The number of hydrogen-bond donors (Lipinski definition) is 0. The minimum Gasteiger partial charge on any atom is -0.235 e. The van der Waals surface area contributed by atoms with Crippen LogP contribution < -0.4 is 0 Å². The summed E-state index contributed by atoms with van der Waals surface area (Å²) in [5.41, 5.74) is -0.565. The lowest BCUT2D eigenvalue weighted by Crippen LogP contribution is -2.06. The van der Waals surface area contributed by atoms with Crippen LogP contribution in [0.25, 0.3) is 0 Å². The van der Waals surface area contributed by atoms with Crippen molar-refractivity contribution in [1.82, 2.24) is 9.97 Å². The summed E-state index contributed by atoms with van der Waals surface area (Å²) < 4.78 is 13.4. The lowest BCUT2D eigenvalue weighted by atomic mass is 10.3. The van der Waals surface area contributed by atoms with E-state index in [-0.39, 0.29) is 5.82 Å². The van der Waals surface area contributed by atoms with Crippen LogP contribution in [0.4, 0.5) is 4.39 Å². The van der Waals surface area contributed by atoms with Crippen LogP contribution in [0.15, 0.2) is 6.07 Å². The quantitative estimate of drug-likeness (QED) is 0.630. The summed E-state index contributed by atoms with van der Waals surface area (Å²) in [5, 5.41) is 0.321. The highest BCUT2D eigenvalue weighted by Crippen LogP contribution is 2.48. The van der Waals surface area contributed by atoms with Crippen molar-refractivity contribution in [3.8, 4) is 0 Å². The van der Waals surface area contributed by atoms with Crippen LogP contribution >= 0.6 is 11.6 Å². The standard InChI is InChI=1S/C8H8ClFN2/c1-5-4-6(9)12-7(11-5)8(10)2-3-8/h4H,2-3H2,1H3. The van der Waals surface area contributed by atoms with Gasteiger partial charge in [-0.1, -0.05) is 11.6 Å². The molecule has 0 aromatic carbocycles. The molecule has 0 saturated heterocycles. The number of rotatable bonds is 1. The zero-order valence-electron chi connectivity index (χ0n) is 6.64. The van der Waals surface area contributed by atoms with E-state index in [0.29, 0.717) is 23.7 Å². The van der Waals surface area contributed by atoms with Crippen molar-refractivity contribution >= 4 is 11.6 Å². The van der Waals surface area contributed by atoms with Gasteiger partial charge in [0.1, 0.15) is 5.15 Å². The molecule has 0 bridgehead atoms. The largest absolute Gasteiger partial charge is 0.235 e. The van der Waals surface area contributed by atoms with Crippen LogP contribution in [0.2, 0.25) is 5.15 Å². The molecule has 0 aliphatic heterocycles. The second-order valence-corrected chi connectivity index (χ2v) is 3.51. The van der Waals surface area contributed by atoms with Crippen molar-refractivity contribution in [3.63, 3.8) is 0 Å². The van der Waals surface area contributed by atoms with Crippen LogP contribution in [-0.2, 0) is 5.67 Å². The lowest BCUT2D eigenvalue weighted by molar-refractivity contribution is 0.300. The van der Waals surface area contributed by atoms with Gasteiger partial charge in [0.05, 0.1) is 0 Å². The molecule has 0 unspecified atom stereocenters. The number of aryl methyl sites for hydroxylation is 1. The molecule has 0 N–H and O–H groups in total. The predicted molar refractivity (Wildman–Crippen MR) is 43.8 cm³/mol. The SMILES string of the molecule is Cc1cc(Cl)nc(C2(F)CC2)n1. The highest BCUT2D eigenvalue weighted by molar-refractivity contribution is 6.29. The third kappa shape index (κ3) is 1.29. The second-order valence-electron chi connectivity index (χ2n) is 3.12. The van der Waals surface area contributed by atoms with Gasteiger partial charge in [-0.15, -0.1) is 0 Å². The van der Waals surface area contributed by atoms with E-state index in [4.69, 9.17) is 11.6 Å². The molecule has 0 amide bonds. The summed E-state index contributed by atoms with van der Waals surface area (Å²) >= 11 is 5.67. The molecule has 0 atom stereocenters. The Labute approximate surface area is 74.8 Å². The minimum atomic E-state index is -1.28. The molecule has 12 heavy (non-hydrogen) atoms. The molecule has 1 saturated carbocycles. The smallest absolute Gasteiger partial charge is 0.170 e. The molecule has 0 radical (unpaired) electrons. The molecule has 0 spiro atoms. The van der Waals surface area contributed by atoms with Crippen LogP contribution in [0, 0.1) is 6.92 Å². The third-order valence-corrected chi connectivity index (χ3v) is 2.11. The zero-order chi connectivity index (χ0) is 8.77. The molecule has 1 fully saturated rings. The molecular formula is C8H8ClFN2. The van der Waals surface area contributed by atoms with Crippen molar-refractivity contribution < 1.29 is 4.39 Å². The summed E-state index contributed by atoms with van der Waals surface area (Å²) in [4.78, 5) is 7.84. The van der Waals surface area contributed by atoms with E-state index in [1.165, 1.54) is 0 Å². The predicted octanol–water partition coefficient (Wildman–Crippen LogP) is 2.40. The van der Waals surface area contributed by atoms with Crippen LogP contribution in [-0.4, -0.2) is 9.97 Å². The van der Waals surface area contributed by atoms with Crippen molar-refractivity contribution in [2.45, 2.75) is 25.4 Å². The fraction of sp³-hybridized carbons (Fsp3) is 0.500.